The molecule has 1 aliphatic rings. The first kappa shape index (κ1) is 13.9. The Balaban J connectivity index is 1.88. The molecular formula is C15H21NO3. The fourth-order valence-corrected chi connectivity index (χ4v) is 2.25. The summed E-state index contributed by atoms with van der Waals surface area (Å²) in [6.45, 7) is 4.65. The van der Waals surface area contributed by atoms with Gasteiger partial charge in [0.2, 0.25) is 0 Å². The number of carbonyl (C=O) groups excluding carboxylic acids is 1. The van der Waals surface area contributed by atoms with E-state index in [9.17, 15) is 9.90 Å². The molecule has 1 aromatic rings. The Labute approximate surface area is 114 Å². The van der Waals surface area contributed by atoms with Crippen molar-refractivity contribution in [3.63, 3.8) is 0 Å². The zero-order valence-electron chi connectivity index (χ0n) is 11.5. The number of carbonyl (C=O) groups is 1. The Kier molecular flexibility index (Phi) is 4.43. The Morgan fingerprint density at radius 1 is 1.37 bits per heavy atom. The molecule has 1 saturated heterocycles. The van der Waals surface area contributed by atoms with Gasteiger partial charge in [-0.2, -0.15) is 0 Å². The number of piperidine rings is 1. The summed E-state index contributed by atoms with van der Waals surface area (Å²) >= 11 is 0. The van der Waals surface area contributed by atoms with E-state index < -0.39 is 6.10 Å². The summed E-state index contributed by atoms with van der Waals surface area (Å²) in [4.78, 5) is 13.6. The van der Waals surface area contributed by atoms with Crippen LogP contribution in [0.5, 0.6) is 0 Å². The summed E-state index contributed by atoms with van der Waals surface area (Å²) in [5.41, 5.74) is 2.16. The number of rotatable bonds is 2. The Morgan fingerprint density at radius 3 is 2.74 bits per heavy atom. The average Bonchev–Trinajstić information content (AvgIpc) is 2.40. The molecular weight excluding hydrogens is 242 g/mol. The van der Waals surface area contributed by atoms with Gasteiger partial charge in [0, 0.05) is 6.04 Å². The SMILES string of the molecule is Cc1ccc(COC(=O)N2CC(O)CCC2C)cc1. The first-order chi connectivity index (χ1) is 9.06. The molecule has 2 atom stereocenters. The van der Waals surface area contributed by atoms with Crippen LogP contribution < -0.4 is 0 Å². The van der Waals surface area contributed by atoms with Gasteiger partial charge in [0.15, 0.2) is 0 Å². The number of hydrogen-bond acceptors (Lipinski definition) is 3. The number of benzene rings is 1. The number of aliphatic hydroxyl groups excluding tert-OH is 1. The minimum absolute atomic E-state index is 0.133. The Bertz CT molecular complexity index is 430. The standard InChI is InChI=1S/C15H21NO3/c1-11-3-6-13(7-4-11)10-19-15(18)16-9-14(17)8-5-12(16)2/h3-4,6-7,12,14,17H,5,8-10H2,1-2H3. The molecule has 2 rings (SSSR count). The number of aryl methyl sites for hydroxylation is 1. The van der Waals surface area contributed by atoms with Gasteiger partial charge in [-0.1, -0.05) is 29.8 Å². The number of amides is 1. The molecule has 1 fully saturated rings. The maximum absolute atomic E-state index is 12.0. The number of β-amino-alcohol motifs (C(OH)–C–C–N with tert-alkyl or cyclic N) is 1. The van der Waals surface area contributed by atoms with Gasteiger partial charge < -0.3 is 14.7 Å². The molecule has 0 bridgehead atoms. The second kappa shape index (κ2) is 6.06. The number of ether oxygens (including phenoxy) is 1. The van der Waals surface area contributed by atoms with Gasteiger partial charge in [0.1, 0.15) is 6.61 Å². The first-order valence-electron chi connectivity index (χ1n) is 6.73. The Hall–Kier alpha value is -1.55. The second-order valence-corrected chi connectivity index (χ2v) is 5.27. The van der Waals surface area contributed by atoms with E-state index in [1.54, 1.807) is 4.90 Å². The zero-order valence-corrected chi connectivity index (χ0v) is 11.5. The van der Waals surface area contributed by atoms with Crippen molar-refractivity contribution in [2.45, 2.75) is 45.4 Å². The van der Waals surface area contributed by atoms with Crippen molar-refractivity contribution in [3.8, 4) is 0 Å². The van der Waals surface area contributed by atoms with Crippen molar-refractivity contribution in [1.82, 2.24) is 4.90 Å². The van der Waals surface area contributed by atoms with Crippen LogP contribution in [0.2, 0.25) is 0 Å². The molecule has 4 heteroatoms. The maximum Gasteiger partial charge on any atom is 0.410 e. The number of nitrogens with zero attached hydrogens (tertiary/aromatic N) is 1. The van der Waals surface area contributed by atoms with Crippen molar-refractivity contribution < 1.29 is 14.6 Å². The highest BCUT2D eigenvalue weighted by Crippen LogP contribution is 2.18. The minimum atomic E-state index is -0.428. The monoisotopic (exact) mass is 263 g/mol. The maximum atomic E-state index is 12.0. The molecule has 0 radical (unpaired) electrons. The van der Waals surface area contributed by atoms with E-state index in [4.69, 9.17) is 4.74 Å². The highest BCUT2D eigenvalue weighted by Gasteiger charge is 2.28. The van der Waals surface area contributed by atoms with Crippen LogP contribution in [0.1, 0.15) is 30.9 Å². The lowest BCUT2D eigenvalue weighted by atomic mass is 10.0. The van der Waals surface area contributed by atoms with Gasteiger partial charge >= 0.3 is 6.09 Å². The van der Waals surface area contributed by atoms with Crippen LogP contribution in [0.4, 0.5) is 4.79 Å². The van der Waals surface area contributed by atoms with Gasteiger partial charge in [-0.05, 0) is 32.3 Å². The van der Waals surface area contributed by atoms with E-state index in [0.717, 1.165) is 18.4 Å². The van der Waals surface area contributed by atoms with Crippen molar-refractivity contribution in [2.24, 2.45) is 0 Å². The molecule has 0 saturated carbocycles. The summed E-state index contributed by atoms with van der Waals surface area (Å²) in [5.74, 6) is 0. The third kappa shape index (κ3) is 3.70. The molecule has 104 valence electrons. The molecule has 0 aromatic heterocycles. The van der Waals surface area contributed by atoms with Gasteiger partial charge in [0.05, 0.1) is 12.6 Å². The lowest BCUT2D eigenvalue weighted by Crippen LogP contribution is -2.47. The van der Waals surface area contributed by atoms with Crippen LogP contribution >= 0.6 is 0 Å². The molecule has 4 nitrogen and oxygen atoms in total. The van der Waals surface area contributed by atoms with Gasteiger partial charge in [-0.25, -0.2) is 4.79 Å². The van der Waals surface area contributed by atoms with Crippen molar-refractivity contribution in [2.75, 3.05) is 6.54 Å². The highest BCUT2D eigenvalue weighted by atomic mass is 16.6. The van der Waals surface area contributed by atoms with Crippen LogP contribution in [0.15, 0.2) is 24.3 Å². The zero-order chi connectivity index (χ0) is 13.8. The lowest BCUT2D eigenvalue weighted by molar-refractivity contribution is 0.0249. The molecule has 1 N–H and O–H groups in total. The van der Waals surface area contributed by atoms with Crippen LogP contribution in [-0.2, 0) is 11.3 Å². The number of aliphatic hydroxyl groups is 1. The van der Waals surface area contributed by atoms with Crippen LogP contribution in [-0.4, -0.2) is 34.8 Å². The molecule has 2 unspecified atom stereocenters. The van der Waals surface area contributed by atoms with E-state index in [-0.39, 0.29) is 18.7 Å². The molecule has 0 spiro atoms. The minimum Gasteiger partial charge on any atom is -0.445 e. The van der Waals surface area contributed by atoms with E-state index in [1.807, 2.05) is 38.1 Å². The molecule has 0 aliphatic carbocycles. The number of likely N-dealkylation sites (tertiary alicyclic amines) is 1. The normalized spacial score (nSPS) is 23.2. The largest absolute Gasteiger partial charge is 0.445 e. The average molecular weight is 263 g/mol. The highest BCUT2D eigenvalue weighted by molar-refractivity contribution is 5.68. The molecule has 1 aromatic carbocycles. The first-order valence-corrected chi connectivity index (χ1v) is 6.73. The molecule has 1 aliphatic heterocycles. The predicted octanol–water partition coefficient (Wildman–Crippen LogP) is 2.48. The lowest BCUT2D eigenvalue weighted by Gasteiger charge is -2.35. The summed E-state index contributed by atoms with van der Waals surface area (Å²) in [5, 5.41) is 9.61. The fraction of sp³-hybridized carbons (Fsp3) is 0.533. The van der Waals surface area contributed by atoms with E-state index in [1.165, 1.54) is 5.56 Å². The molecule has 1 heterocycles. The fourth-order valence-electron chi connectivity index (χ4n) is 2.25. The van der Waals surface area contributed by atoms with Gasteiger partial charge in [-0.3, -0.25) is 0 Å². The summed E-state index contributed by atoms with van der Waals surface area (Å²) < 4.78 is 5.30. The van der Waals surface area contributed by atoms with E-state index in [2.05, 4.69) is 0 Å². The van der Waals surface area contributed by atoms with Crippen LogP contribution in [0, 0.1) is 6.92 Å². The summed E-state index contributed by atoms with van der Waals surface area (Å²) in [6.07, 6.45) is 0.805. The third-order valence-corrected chi connectivity index (χ3v) is 3.57. The predicted molar refractivity (Wildman–Crippen MR) is 72.8 cm³/mol. The topological polar surface area (TPSA) is 49.8 Å². The van der Waals surface area contributed by atoms with Crippen molar-refractivity contribution >= 4 is 6.09 Å². The Morgan fingerprint density at radius 2 is 2.05 bits per heavy atom. The van der Waals surface area contributed by atoms with Crippen molar-refractivity contribution in [3.05, 3.63) is 35.4 Å². The summed E-state index contributed by atoms with van der Waals surface area (Å²) in [7, 11) is 0. The smallest absolute Gasteiger partial charge is 0.410 e. The third-order valence-electron chi connectivity index (χ3n) is 3.57. The van der Waals surface area contributed by atoms with E-state index >= 15 is 0 Å². The quantitative estimate of drug-likeness (QED) is 0.891. The molecule has 19 heavy (non-hydrogen) atoms. The number of hydrogen-bond donors (Lipinski definition) is 1. The van der Waals surface area contributed by atoms with E-state index in [0.29, 0.717) is 6.54 Å². The second-order valence-electron chi connectivity index (χ2n) is 5.27. The van der Waals surface area contributed by atoms with Gasteiger partial charge in [-0.15, -0.1) is 0 Å². The van der Waals surface area contributed by atoms with Crippen molar-refractivity contribution in [1.29, 1.82) is 0 Å². The molecule has 1 amide bonds. The van der Waals surface area contributed by atoms with Crippen LogP contribution in [0.25, 0.3) is 0 Å². The summed E-state index contributed by atoms with van der Waals surface area (Å²) in [6, 6.07) is 8.04. The van der Waals surface area contributed by atoms with Gasteiger partial charge in [0.25, 0.3) is 0 Å². The van der Waals surface area contributed by atoms with Crippen LogP contribution in [0.3, 0.4) is 0 Å².